The van der Waals surface area contributed by atoms with Gasteiger partial charge in [-0.05, 0) is 49.2 Å². The van der Waals surface area contributed by atoms with Crippen molar-refractivity contribution < 1.29 is 27.2 Å². The number of rotatable bonds is 11. The van der Waals surface area contributed by atoms with Crippen LogP contribution in [-0.2, 0) is 19.6 Å². The number of hydrogen-bond donors (Lipinski definition) is 4. The molecule has 11 heteroatoms. The molecule has 1 fully saturated rings. The Morgan fingerprint density at radius 3 is 2.66 bits per heavy atom. The fraction of sp³-hybridized carbons (Fsp3) is 0.333. The van der Waals surface area contributed by atoms with Crippen molar-refractivity contribution in [2.75, 3.05) is 37.0 Å². The van der Waals surface area contributed by atoms with E-state index in [1.165, 1.54) is 24.3 Å². The van der Waals surface area contributed by atoms with E-state index < -0.39 is 10.1 Å². The van der Waals surface area contributed by atoms with Gasteiger partial charge in [0.1, 0.15) is 10.6 Å². The number of fused-ring (bicyclic) bond motifs is 1. The fourth-order valence-corrected chi connectivity index (χ4v) is 3.93. The molecular weight excluding hydrogens is 436 g/mol. The number of aliphatic hydroxyl groups is 1. The van der Waals surface area contributed by atoms with Gasteiger partial charge in [-0.25, -0.2) is 4.98 Å². The molecule has 1 amide bonds. The Kier molecular flexibility index (Phi) is 6.58. The summed E-state index contributed by atoms with van der Waals surface area (Å²) in [7, 11) is -4.03. The first-order chi connectivity index (χ1) is 15.4. The van der Waals surface area contributed by atoms with Gasteiger partial charge < -0.3 is 24.3 Å². The van der Waals surface area contributed by atoms with Crippen molar-refractivity contribution in [3.05, 3.63) is 42.5 Å². The maximum absolute atomic E-state index is 12.6. The molecular formula is C21H24N4O6S. The Balaban J connectivity index is 1.39. The molecule has 170 valence electrons. The van der Waals surface area contributed by atoms with E-state index in [4.69, 9.17) is 14.0 Å². The SMILES string of the molecule is O=C(Nc1nc2cc(OS(=O)(=O)c3ccc(NCCOCCO)cc3)ccc2[nH]1)C1CC1. The number of hydrogen-bond acceptors (Lipinski definition) is 8. The summed E-state index contributed by atoms with van der Waals surface area (Å²) < 4.78 is 35.7. The van der Waals surface area contributed by atoms with E-state index in [1.54, 1.807) is 18.2 Å². The summed E-state index contributed by atoms with van der Waals surface area (Å²) in [6.45, 7) is 1.19. The Bertz CT molecular complexity index is 1190. The van der Waals surface area contributed by atoms with Crippen LogP contribution >= 0.6 is 0 Å². The molecule has 0 saturated heterocycles. The van der Waals surface area contributed by atoms with Crippen molar-refractivity contribution in [1.82, 2.24) is 9.97 Å². The molecule has 4 N–H and O–H groups in total. The first-order valence-corrected chi connectivity index (χ1v) is 11.6. The molecule has 0 atom stereocenters. The van der Waals surface area contributed by atoms with E-state index in [9.17, 15) is 13.2 Å². The van der Waals surface area contributed by atoms with Crippen molar-refractivity contribution in [1.29, 1.82) is 0 Å². The molecule has 0 aliphatic heterocycles. The Morgan fingerprint density at radius 2 is 1.94 bits per heavy atom. The molecule has 0 unspecified atom stereocenters. The Hall–Kier alpha value is -3.15. The van der Waals surface area contributed by atoms with Crippen LogP contribution in [0.25, 0.3) is 11.0 Å². The number of imidazole rings is 1. The number of aromatic nitrogens is 2. The molecule has 3 aromatic rings. The number of amides is 1. The van der Waals surface area contributed by atoms with E-state index in [-0.39, 0.29) is 35.7 Å². The normalized spacial score (nSPS) is 13.8. The zero-order chi connectivity index (χ0) is 22.6. The van der Waals surface area contributed by atoms with Gasteiger partial charge >= 0.3 is 10.1 Å². The highest BCUT2D eigenvalue weighted by molar-refractivity contribution is 7.87. The Labute approximate surface area is 185 Å². The van der Waals surface area contributed by atoms with Crippen molar-refractivity contribution >= 4 is 38.7 Å². The average Bonchev–Trinajstić information content (AvgIpc) is 3.55. The van der Waals surface area contributed by atoms with Gasteiger partial charge in [0.25, 0.3) is 0 Å². The van der Waals surface area contributed by atoms with Gasteiger partial charge in [0.15, 0.2) is 0 Å². The minimum atomic E-state index is -4.03. The highest BCUT2D eigenvalue weighted by Crippen LogP contribution is 2.30. The number of carbonyl (C=O) groups excluding carboxylic acids is 1. The van der Waals surface area contributed by atoms with E-state index in [2.05, 4.69) is 20.6 Å². The van der Waals surface area contributed by atoms with Gasteiger partial charge in [0.2, 0.25) is 11.9 Å². The second-order valence-electron chi connectivity index (χ2n) is 7.35. The largest absolute Gasteiger partial charge is 0.394 e. The summed E-state index contributed by atoms with van der Waals surface area (Å²) in [6, 6.07) is 10.8. The first kappa shape index (κ1) is 22.1. The zero-order valence-corrected chi connectivity index (χ0v) is 18.0. The molecule has 1 aliphatic carbocycles. The van der Waals surface area contributed by atoms with Crippen LogP contribution in [-0.4, -0.2) is 55.8 Å². The van der Waals surface area contributed by atoms with Crippen molar-refractivity contribution in [2.45, 2.75) is 17.7 Å². The minimum Gasteiger partial charge on any atom is -0.394 e. The number of nitrogens with zero attached hydrogens (tertiary/aromatic N) is 1. The number of ether oxygens (including phenoxy) is 1. The highest BCUT2D eigenvalue weighted by Gasteiger charge is 2.30. The van der Waals surface area contributed by atoms with Gasteiger partial charge in [0, 0.05) is 24.2 Å². The second kappa shape index (κ2) is 9.55. The van der Waals surface area contributed by atoms with Crippen LogP contribution < -0.4 is 14.8 Å². The molecule has 1 heterocycles. The molecule has 0 bridgehead atoms. The molecule has 1 aliphatic rings. The fourth-order valence-electron chi connectivity index (χ4n) is 3.01. The van der Waals surface area contributed by atoms with Crippen LogP contribution in [0.3, 0.4) is 0 Å². The van der Waals surface area contributed by atoms with E-state index in [1.807, 2.05) is 0 Å². The van der Waals surface area contributed by atoms with Crippen LogP contribution in [0, 0.1) is 5.92 Å². The summed E-state index contributed by atoms with van der Waals surface area (Å²) in [5, 5.41) is 14.5. The smallest absolute Gasteiger partial charge is 0.339 e. The highest BCUT2D eigenvalue weighted by atomic mass is 32.2. The quantitative estimate of drug-likeness (QED) is 0.252. The van der Waals surface area contributed by atoms with E-state index in [0.717, 1.165) is 18.5 Å². The third-order valence-electron chi connectivity index (χ3n) is 4.80. The van der Waals surface area contributed by atoms with Gasteiger partial charge in [-0.1, -0.05) is 0 Å². The number of benzene rings is 2. The van der Waals surface area contributed by atoms with Crippen molar-refractivity contribution in [2.24, 2.45) is 5.92 Å². The molecule has 0 spiro atoms. The monoisotopic (exact) mass is 460 g/mol. The first-order valence-electron chi connectivity index (χ1n) is 10.2. The second-order valence-corrected chi connectivity index (χ2v) is 8.90. The van der Waals surface area contributed by atoms with Crippen LogP contribution in [0.1, 0.15) is 12.8 Å². The van der Waals surface area contributed by atoms with Crippen molar-refractivity contribution in [3.8, 4) is 5.75 Å². The number of H-pyrrole nitrogens is 1. The van der Waals surface area contributed by atoms with Crippen LogP contribution in [0.15, 0.2) is 47.4 Å². The summed E-state index contributed by atoms with van der Waals surface area (Å²) >= 11 is 0. The standard InChI is InChI=1S/C21H24N4O6S/c26-10-12-30-11-9-22-15-3-6-17(7-4-15)32(28,29)31-16-5-8-18-19(13-16)24-21(23-18)25-20(27)14-1-2-14/h3-8,13-14,22,26H,1-2,9-12H2,(H2,23,24,25,27). The lowest BCUT2D eigenvalue weighted by Gasteiger charge is -2.09. The topological polar surface area (TPSA) is 143 Å². The summed E-state index contributed by atoms with van der Waals surface area (Å²) in [5.41, 5.74) is 1.86. The number of anilines is 2. The third kappa shape index (κ3) is 5.55. The lowest BCUT2D eigenvalue weighted by molar-refractivity contribution is -0.117. The maximum atomic E-state index is 12.6. The van der Waals surface area contributed by atoms with Crippen molar-refractivity contribution in [3.63, 3.8) is 0 Å². The summed E-state index contributed by atoms with van der Waals surface area (Å²) in [5.74, 6) is 0.418. The van der Waals surface area contributed by atoms with Crippen LogP contribution in [0.2, 0.25) is 0 Å². The summed E-state index contributed by atoms with van der Waals surface area (Å²) in [6.07, 6.45) is 1.77. The predicted molar refractivity (Wildman–Crippen MR) is 118 cm³/mol. The summed E-state index contributed by atoms with van der Waals surface area (Å²) in [4.78, 5) is 19.2. The molecule has 4 rings (SSSR count). The van der Waals surface area contributed by atoms with Gasteiger partial charge in [-0.2, -0.15) is 8.42 Å². The number of aromatic amines is 1. The molecule has 1 aromatic heterocycles. The lowest BCUT2D eigenvalue weighted by atomic mass is 10.3. The molecule has 0 radical (unpaired) electrons. The third-order valence-corrected chi connectivity index (χ3v) is 6.07. The molecule has 2 aromatic carbocycles. The Morgan fingerprint density at radius 1 is 1.16 bits per heavy atom. The lowest BCUT2D eigenvalue weighted by Crippen LogP contribution is -2.14. The predicted octanol–water partition coefficient (Wildman–Crippen LogP) is 2.10. The maximum Gasteiger partial charge on any atom is 0.339 e. The average molecular weight is 461 g/mol. The number of nitrogens with one attached hydrogen (secondary N) is 3. The van der Waals surface area contributed by atoms with Crippen LogP contribution in [0.4, 0.5) is 11.6 Å². The molecule has 1 saturated carbocycles. The van der Waals surface area contributed by atoms with Gasteiger partial charge in [-0.15, -0.1) is 0 Å². The molecule has 10 nitrogen and oxygen atoms in total. The number of aliphatic hydroxyl groups excluding tert-OH is 1. The number of carbonyl (C=O) groups is 1. The minimum absolute atomic E-state index is 0.0130. The molecule has 32 heavy (non-hydrogen) atoms. The zero-order valence-electron chi connectivity index (χ0n) is 17.2. The van der Waals surface area contributed by atoms with E-state index in [0.29, 0.717) is 30.1 Å². The van der Waals surface area contributed by atoms with Gasteiger partial charge in [-0.3, -0.25) is 10.1 Å². The van der Waals surface area contributed by atoms with Gasteiger partial charge in [0.05, 0.1) is 30.9 Å². The van der Waals surface area contributed by atoms with Crippen LogP contribution in [0.5, 0.6) is 5.75 Å². The van der Waals surface area contributed by atoms with E-state index >= 15 is 0 Å².